The van der Waals surface area contributed by atoms with Crippen LogP contribution in [0.2, 0.25) is 0 Å². The molecule has 0 fully saturated rings. The van der Waals surface area contributed by atoms with Crippen LogP contribution in [0.15, 0.2) is 83.3 Å². The van der Waals surface area contributed by atoms with Crippen LogP contribution in [0, 0.1) is 0 Å². The Hall–Kier alpha value is -3.17. The Balaban J connectivity index is 2.02. The highest BCUT2D eigenvalue weighted by atomic mass is 79.9. The molecule has 3 aromatic carbocycles. The van der Waals surface area contributed by atoms with E-state index < -0.39 is 28.5 Å². The SMILES string of the molecule is CCNC(=O)C(Cc1ccccc1)N(Cc1ccc(Br)cc1)C(=O)CN(c1ccc(C(C)C)cc1)S(C)(=O)=O. The van der Waals surface area contributed by atoms with E-state index in [1.165, 1.54) is 4.90 Å². The summed E-state index contributed by atoms with van der Waals surface area (Å²) < 4.78 is 27.7. The normalized spacial score (nSPS) is 12.2. The number of halogens is 1. The van der Waals surface area contributed by atoms with Crippen molar-refractivity contribution in [2.75, 3.05) is 23.7 Å². The molecule has 9 heteroatoms. The number of nitrogens with zero attached hydrogens (tertiary/aromatic N) is 2. The molecular weight excluding hydrogens is 578 g/mol. The summed E-state index contributed by atoms with van der Waals surface area (Å²) in [4.78, 5) is 28.8. The number of likely N-dealkylation sites (N-methyl/N-ethyl adjacent to an activating group) is 1. The lowest BCUT2D eigenvalue weighted by Crippen LogP contribution is -2.53. The number of sulfonamides is 1. The molecule has 1 atom stereocenters. The average Bonchev–Trinajstić information content (AvgIpc) is 2.90. The van der Waals surface area contributed by atoms with Crippen LogP contribution >= 0.6 is 15.9 Å². The van der Waals surface area contributed by atoms with Gasteiger partial charge in [-0.1, -0.05) is 84.4 Å². The number of anilines is 1. The first-order valence-corrected chi connectivity index (χ1v) is 15.6. The Morgan fingerprint density at radius 2 is 1.51 bits per heavy atom. The average molecular weight is 615 g/mol. The molecule has 0 spiro atoms. The zero-order valence-electron chi connectivity index (χ0n) is 22.8. The second-order valence-electron chi connectivity index (χ2n) is 9.76. The second-order valence-corrected chi connectivity index (χ2v) is 12.6. The molecule has 0 aliphatic rings. The molecule has 1 N–H and O–H groups in total. The molecule has 7 nitrogen and oxygen atoms in total. The summed E-state index contributed by atoms with van der Waals surface area (Å²) >= 11 is 3.43. The van der Waals surface area contributed by atoms with E-state index in [4.69, 9.17) is 0 Å². The third-order valence-corrected chi connectivity index (χ3v) is 8.08. The van der Waals surface area contributed by atoms with Crippen molar-refractivity contribution in [2.45, 2.75) is 45.7 Å². The van der Waals surface area contributed by atoms with Gasteiger partial charge in [0.05, 0.1) is 11.9 Å². The molecule has 0 aromatic heterocycles. The minimum absolute atomic E-state index is 0.143. The molecule has 0 heterocycles. The fourth-order valence-electron chi connectivity index (χ4n) is 4.27. The molecule has 0 radical (unpaired) electrons. The molecule has 208 valence electrons. The highest BCUT2D eigenvalue weighted by Gasteiger charge is 2.32. The van der Waals surface area contributed by atoms with Crippen molar-refractivity contribution in [3.63, 3.8) is 0 Å². The van der Waals surface area contributed by atoms with Gasteiger partial charge in [-0.25, -0.2) is 8.42 Å². The smallest absolute Gasteiger partial charge is 0.244 e. The zero-order chi connectivity index (χ0) is 28.6. The maximum Gasteiger partial charge on any atom is 0.244 e. The highest BCUT2D eigenvalue weighted by molar-refractivity contribution is 9.10. The predicted octanol–water partition coefficient (Wildman–Crippen LogP) is 5.11. The van der Waals surface area contributed by atoms with Gasteiger partial charge in [0.1, 0.15) is 12.6 Å². The van der Waals surface area contributed by atoms with Gasteiger partial charge in [0.15, 0.2) is 0 Å². The minimum Gasteiger partial charge on any atom is -0.355 e. The molecule has 0 aliphatic heterocycles. The standard InChI is InChI=1S/C30H36BrN3O4S/c1-5-32-30(36)28(19-23-9-7-6-8-10-23)33(20-24-11-15-26(31)16-12-24)29(35)21-34(39(4,37)38)27-17-13-25(14-18-27)22(2)3/h6-18,22,28H,5,19-21H2,1-4H3,(H,32,36). The number of nitrogens with one attached hydrogen (secondary N) is 1. The van der Waals surface area contributed by atoms with Crippen molar-refractivity contribution >= 4 is 43.5 Å². The fourth-order valence-corrected chi connectivity index (χ4v) is 5.39. The van der Waals surface area contributed by atoms with Crippen molar-refractivity contribution in [1.82, 2.24) is 10.2 Å². The largest absolute Gasteiger partial charge is 0.355 e. The lowest BCUT2D eigenvalue weighted by molar-refractivity contribution is -0.140. The van der Waals surface area contributed by atoms with E-state index in [1.807, 2.05) is 73.7 Å². The van der Waals surface area contributed by atoms with Crippen LogP contribution in [0.1, 0.15) is 43.4 Å². The van der Waals surface area contributed by atoms with Crippen LogP contribution in [-0.4, -0.2) is 50.5 Å². The van der Waals surface area contributed by atoms with Crippen molar-refractivity contribution < 1.29 is 18.0 Å². The summed E-state index contributed by atoms with van der Waals surface area (Å²) in [5.41, 5.74) is 3.18. The third kappa shape index (κ3) is 8.66. The van der Waals surface area contributed by atoms with Gasteiger partial charge in [-0.15, -0.1) is 0 Å². The van der Waals surface area contributed by atoms with Gasteiger partial charge in [-0.2, -0.15) is 0 Å². The topological polar surface area (TPSA) is 86.8 Å². The van der Waals surface area contributed by atoms with Crippen LogP contribution in [0.4, 0.5) is 5.69 Å². The number of carbonyl (C=O) groups is 2. The van der Waals surface area contributed by atoms with Gasteiger partial charge < -0.3 is 10.2 Å². The Kier molecular flexibility index (Phi) is 10.7. The molecule has 0 bridgehead atoms. The van der Waals surface area contributed by atoms with E-state index in [0.717, 1.165) is 31.7 Å². The van der Waals surface area contributed by atoms with E-state index in [9.17, 15) is 18.0 Å². The van der Waals surface area contributed by atoms with Crippen molar-refractivity contribution in [1.29, 1.82) is 0 Å². The molecular formula is C30H36BrN3O4S. The van der Waals surface area contributed by atoms with Crippen molar-refractivity contribution in [3.8, 4) is 0 Å². The van der Waals surface area contributed by atoms with Crippen LogP contribution in [-0.2, 0) is 32.6 Å². The Labute approximate surface area is 240 Å². The molecule has 0 aliphatic carbocycles. The maximum atomic E-state index is 14.0. The van der Waals surface area contributed by atoms with E-state index >= 15 is 0 Å². The summed E-state index contributed by atoms with van der Waals surface area (Å²) in [5.74, 6) is -0.480. The van der Waals surface area contributed by atoms with Crippen molar-refractivity contribution in [3.05, 3.63) is 100 Å². The van der Waals surface area contributed by atoms with E-state index in [1.54, 1.807) is 12.1 Å². The van der Waals surface area contributed by atoms with Crippen LogP contribution in [0.25, 0.3) is 0 Å². The molecule has 3 rings (SSSR count). The summed E-state index contributed by atoms with van der Waals surface area (Å²) in [5, 5.41) is 2.86. The lowest BCUT2D eigenvalue weighted by atomic mass is 10.0. The van der Waals surface area contributed by atoms with Crippen LogP contribution in [0.5, 0.6) is 0 Å². The first-order valence-electron chi connectivity index (χ1n) is 12.9. The monoisotopic (exact) mass is 613 g/mol. The number of benzene rings is 3. The first-order chi connectivity index (χ1) is 18.5. The van der Waals surface area contributed by atoms with Crippen LogP contribution < -0.4 is 9.62 Å². The van der Waals surface area contributed by atoms with Gasteiger partial charge in [0.2, 0.25) is 21.8 Å². The highest BCUT2D eigenvalue weighted by Crippen LogP contribution is 2.23. The molecule has 0 saturated heterocycles. The number of amides is 2. The van der Waals surface area contributed by atoms with E-state index in [2.05, 4.69) is 35.1 Å². The molecule has 39 heavy (non-hydrogen) atoms. The summed E-state index contributed by atoms with van der Waals surface area (Å²) in [6, 6.07) is 23.3. The number of rotatable bonds is 12. The number of hydrogen-bond acceptors (Lipinski definition) is 4. The third-order valence-electron chi connectivity index (χ3n) is 6.42. The Morgan fingerprint density at radius 3 is 2.05 bits per heavy atom. The second kappa shape index (κ2) is 13.8. The summed E-state index contributed by atoms with van der Waals surface area (Å²) in [6.45, 7) is 6.06. The molecule has 3 aromatic rings. The zero-order valence-corrected chi connectivity index (χ0v) is 25.2. The van der Waals surface area contributed by atoms with Gasteiger partial charge in [0, 0.05) is 24.0 Å². The first kappa shape index (κ1) is 30.4. The maximum absolute atomic E-state index is 14.0. The Morgan fingerprint density at radius 1 is 0.897 bits per heavy atom. The van der Waals surface area contributed by atoms with E-state index in [0.29, 0.717) is 12.2 Å². The Bertz CT molecular complexity index is 1350. The molecule has 0 saturated carbocycles. The molecule has 1 unspecified atom stereocenters. The lowest BCUT2D eigenvalue weighted by Gasteiger charge is -2.33. The number of carbonyl (C=O) groups excluding carboxylic acids is 2. The fraction of sp³-hybridized carbons (Fsp3) is 0.333. The minimum atomic E-state index is -3.79. The van der Waals surface area contributed by atoms with Gasteiger partial charge in [-0.3, -0.25) is 13.9 Å². The van der Waals surface area contributed by atoms with Crippen LogP contribution in [0.3, 0.4) is 0 Å². The van der Waals surface area contributed by atoms with Gasteiger partial charge >= 0.3 is 0 Å². The van der Waals surface area contributed by atoms with Gasteiger partial charge in [0.25, 0.3) is 0 Å². The predicted molar refractivity (Wildman–Crippen MR) is 160 cm³/mol. The summed E-state index contributed by atoms with van der Waals surface area (Å²) in [7, 11) is -3.79. The number of hydrogen-bond donors (Lipinski definition) is 1. The van der Waals surface area contributed by atoms with Crippen molar-refractivity contribution in [2.24, 2.45) is 0 Å². The van der Waals surface area contributed by atoms with E-state index in [-0.39, 0.29) is 24.8 Å². The quantitative estimate of drug-likeness (QED) is 0.307. The molecule has 2 amide bonds. The summed E-state index contributed by atoms with van der Waals surface area (Å²) in [6.07, 6.45) is 1.37. The van der Waals surface area contributed by atoms with Gasteiger partial charge in [-0.05, 0) is 53.8 Å².